The van der Waals surface area contributed by atoms with Crippen molar-refractivity contribution in [1.82, 2.24) is 5.32 Å². The SMILES string of the molecule is CCOC(=O)OC1C(c2cc(C)ccc2C)C(=O)NC12CCC(OC)CC2. The van der Waals surface area contributed by atoms with Crippen LogP contribution in [0.2, 0.25) is 0 Å². The first-order valence-corrected chi connectivity index (χ1v) is 9.65. The fraction of sp³-hybridized carbons (Fsp3) is 0.619. The Balaban J connectivity index is 1.97. The molecule has 1 N–H and O–H groups in total. The average Bonchev–Trinajstić information content (AvgIpc) is 2.89. The molecule has 3 rings (SSSR count). The smallest absolute Gasteiger partial charge is 0.435 e. The van der Waals surface area contributed by atoms with Crippen LogP contribution in [-0.4, -0.2) is 43.5 Å². The van der Waals surface area contributed by atoms with Gasteiger partial charge in [0.15, 0.2) is 0 Å². The number of carbonyl (C=O) groups excluding carboxylic acids is 2. The summed E-state index contributed by atoms with van der Waals surface area (Å²) in [6.07, 6.45) is 1.92. The number of benzene rings is 1. The van der Waals surface area contributed by atoms with Gasteiger partial charge in [-0.25, -0.2) is 4.79 Å². The lowest BCUT2D eigenvalue weighted by atomic mass is 9.74. The third-order valence-electron chi connectivity index (χ3n) is 5.92. The molecule has 1 amide bonds. The summed E-state index contributed by atoms with van der Waals surface area (Å²) < 4.78 is 16.3. The summed E-state index contributed by atoms with van der Waals surface area (Å²) in [7, 11) is 1.71. The maximum absolute atomic E-state index is 13.0. The fourth-order valence-electron chi connectivity index (χ4n) is 4.44. The normalized spacial score (nSPS) is 30.2. The minimum absolute atomic E-state index is 0.0890. The minimum Gasteiger partial charge on any atom is -0.435 e. The van der Waals surface area contributed by atoms with E-state index in [4.69, 9.17) is 14.2 Å². The molecule has 1 saturated heterocycles. The lowest BCUT2D eigenvalue weighted by molar-refractivity contribution is -0.121. The number of aryl methyl sites for hydroxylation is 2. The van der Waals surface area contributed by atoms with Crippen molar-refractivity contribution in [2.24, 2.45) is 0 Å². The number of carbonyl (C=O) groups is 2. The highest BCUT2D eigenvalue weighted by atomic mass is 16.7. The first-order valence-electron chi connectivity index (χ1n) is 9.65. The molecule has 0 radical (unpaired) electrons. The summed E-state index contributed by atoms with van der Waals surface area (Å²) in [6.45, 7) is 5.95. The van der Waals surface area contributed by atoms with Gasteiger partial charge >= 0.3 is 6.16 Å². The van der Waals surface area contributed by atoms with Gasteiger partial charge in [0, 0.05) is 7.11 Å². The van der Waals surface area contributed by atoms with Crippen LogP contribution >= 0.6 is 0 Å². The largest absolute Gasteiger partial charge is 0.508 e. The fourth-order valence-corrected chi connectivity index (χ4v) is 4.44. The number of hydrogen-bond acceptors (Lipinski definition) is 5. The molecule has 6 heteroatoms. The monoisotopic (exact) mass is 375 g/mol. The third-order valence-corrected chi connectivity index (χ3v) is 5.92. The lowest BCUT2D eigenvalue weighted by Gasteiger charge is -2.40. The van der Waals surface area contributed by atoms with Gasteiger partial charge in [-0.1, -0.05) is 23.8 Å². The molecule has 148 valence electrons. The van der Waals surface area contributed by atoms with Gasteiger partial charge in [-0.3, -0.25) is 4.79 Å². The molecule has 27 heavy (non-hydrogen) atoms. The van der Waals surface area contributed by atoms with E-state index in [1.54, 1.807) is 14.0 Å². The van der Waals surface area contributed by atoms with Crippen molar-refractivity contribution < 1.29 is 23.8 Å². The van der Waals surface area contributed by atoms with E-state index in [0.29, 0.717) is 12.8 Å². The number of nitrogens with one attached hydrogen (secondary N) is 1. The molecule has 1 spiro atoms. The second-order valence-corrected chi connectivity index (χ2v) is 7.64. The Kier molecular flexibility index (Phi) is 5.75. The van der Waals surface area contributed by atoms with Crippen molar-refractivity contribution in [1.29, 1.82) is 0 Å². The quantitative estimate of drug-likeness (QED) is 0.817. The average molecular weight is 375 g/mol. The molecule has 2 unspecified atom stereocenters. The molecule has 2 fully saturated rings. The maximum Gasteiger partial charge on any atom is 0.508 e. The van der Waals surface area contributed by atoms with Crippen LogP contribution in [0.15, 0.2) is 18.2 Å². The molecular formula is C21H29NO5. The van der Waals surface area contributed by atoms with Gasteiger partial charge < -0.3 is 19.5 Å². The van der Waals surface area contributed by atoms with E-state index in [2.05, 4.69) is 5.32 Å². The van der Waals surface area contributed by atoms with E-state index >= 15 is 0 Å². The van der Waals surface area contributed by atoms with Crippen LogP contribution in [0, 0.1) is 13.8 Å². The second-order valence-electron chi connectivity index (χ2n) is 7.64. The molecule has 1 saturated carbocycles. The van der Waals surface area contributed by atoms with Crippen molar-refractivity contribution in [2.75, 3.05) is 13.7 Å². The molecule has 0 aromatic heterocycles. The van der Waals surface area contributed by atoms with Crippen molar-refractivity contribution >= 4 is 12.1 Å². The van der Waals surface area contributed by atoms with Gasteiger partial charge in [-0.2, -0.15) is 0 Å². The zero-order chi connectivity index (χ0) is 19.6. The molecule has 1 aliphatic heterocycles. The summed E-state index contributed by atoms with van der Waals surface area (Å²) in [6, 6.07) is 6.04. The summed E-state index contributed by atoms with van der Waals surface area (Å²) in [5, 5.41) is 3.18. The summed E-state index contributed by atoms with van der Waals surface area (Å²) in [5.41, 5.74) is 2.43. The second kappa shape index (κ2) is 7.89. The number of ether oxygens (including phenoxy) is 3. The van der Waals surface area contributed by atoms with Gasteiger partial charge in [0.05, 0.1) is 18.2 Å². The molecular weight excluding hydrogens is 346 g/mol. The van der Waals surface area contributed by atoms with Crippen LogP contribution in [0.1, 0.15) is 55.2 Å². The summed E-state index contributed by atoms with van der Waals surface area (Å²) in [5.74, 6) is -0.623. The summed E-state index contributed by atoms with van der Waals surface area (Å²) >= 11 is 0. The standard InChI is InChI=1S/C21H29NO5/c1-5-26-20(24)27-18-17(16-12-13(2)6-7-14(16)3)19(23)22-21(18)10-8-15(25-4)9-11-21/h6-7,12,15,17-18H,5,8-11H2,1-4H3,(H,22,23). The molecule has 2 aliphatic rings. The van der Waals surface area contributed by atoms with Crippen molar-refractivity contribution in [2.45, 2.75) is 70.1 Å². The molecule has 6 nitrogen and oxygen atoms in total. The Bertz CT molecular complexity index is 709. The zero-order valence-electron chi connectivity index (χ0n) is 16.5. The van der Waals surface area contributed by atoms with Crippen LogP contribution in [0.25, 0.3) is 0 Å². The topological polar surface area (TPSA) is 73.9 Å². The number of amides is 1. The highest BCUT2D eigenvalue weighted by Gasteiger charge is 2.57. The summed E-state index contributed by atoms with van der Waals surface area (Å²) in [4.78, 5) is 25.2. The Hall–Kier alpha value is -2.08. The van der Waals surface area contributed by atoms with Crippen LogP contribution in [-0.2, 0) is 19.0 Å². The van der Waals surface area contributed by atoms with E-state index in [1.807, 2.05) is 32.0 Å². The Labute approximate surface area is 160 Å². The van der Waals surface area contributed by atoms with E-state index < -0.39 is 23.7 Å². The first kappa shape index (κ1) is 19.7. The van der Waals surface area contributed by atoms with Crippen LogP contribution in [0.4, 0.5) is 4.79 Å². The first-order chi connectivity index (χ1) is 12.9. The minimum atomic E-state index is -0.720. The Morgan fingerprint density at radius 3 is 2.59 bits per heavy atom. The predicted octanol–water partition coefficient (Wildman–Crippen LogP) is 3.39. The van der Waals surface area contributed by atoms with E-state index in [0.717, 1.165) is 29.5 Å². The molecule has 1 aromatic carbocycles. The van der Waals surface area contributed by atoms with Crippen LogP contribution in [0.3, 0.4) is 0 Å². The Morgan fingerprint density at radius 2 is 1.96 bits per heavy atom. The third kappa shape index (κ3) is 3.81. The zero-order valence-corrected chi connectivity index (χ0v) is 16.5. The molecule has 1 aromatic rings. The van der Waals surface area contributed by atoms with Gasteiger partial charge in [0.2, 0.25) is 5.91 Å². The maximum atomic E-state index is 13.0. The lowest BCUT2D eigenvalue weighted by Crippen LogP contribution is -2.53. The van der Waals surface area contributed by atoms with E-state index in [9.17, 15) is 9.59 Å². The Morgan fingerprint density at radius 1 is 1.26 bits per heavy atom. The number of hydrogen-bond donors (Lipinski definition) is 1. The van der Waals surface area contributed by atoms with Crippen molar-refractivity contribution in [3.05, 3.63) is 34.9 Å². The molecule has 2 atom stereocenters. The number of methoxy groups -OCH3 is 1. The highest BCUT2D eigenvalue weighted by Crippen LogP contribution is 2.45. The van der Waals surface area contributed by atoms with Gasteiger partial charge in [-0.15, -0.1) is 0 Å². The predicted molar refractivity (Wildman–Crippen MR) is 101 cm³/mol. The molecule has 1 heterocycles. The van der Waals surface area contributed by atoms with Crippen LogP contribution < -0.4 is 5.32 Å². The molecule has 1 aliphatic carbocycles. The van der Waals surface area contributed by atoms with E-state index in [-0.39, 0.29) is 18.6 Å². The van der Waals surface area contributed by atoms with Crippen molar-refractivity contribution in [3.63, 3.8) is 0 Å². The van der Waals surface area contributed by atoms with Crippen LogP contribution in [0.5, 0.6) is 0 Å². The molecule has 0 bridgehead atoms. The van der Waals surface area contributed by atoms with Crippen molar-refractivity contribution in [3.8, 4) is 0 Å². The van der Waals surface area contributed by atoms with E-state index in [1.165, 1.54) is 0 Å². The number of rotatable bonds is 4. The van der Waals surface area contributed by atoms with Gasteiger partial charge in [0.1, 0.15) is 12.0 Å². The van der Waals surface area contributed by atoms with Gasteiger partial charge in [-0.05, 0) is 57.6 Å². The van der Waals surface area contributed by atoms with Gasteiger partial charge in [0.25, 0.3) is 0 Å². The highest BCUT2D eigenvalue weighted by molar-refractivity contribution is 5.89.